The van der Waals surface area contributed by atoms with Crippen LogP contribution in [0.1, 0.15) is 0 Å². The molecule has 0 radical (unpaired) electrons. The lowest BCUT2D eigenvalue weighted by Gasteiger charge is -2.44. The van der Waals surface area contributed by atoms with E-state index in [4.69, 9.17) is 4.12 Å². The summed E-state index contributed by atoms with van der Waals surface area (Å²) in [4.78, 5) is 0. The molecule has 0 saturated heterocycles. The first-order valence-electron chi connectivity index (χ1n) is 13.6. The molecule has 41 heavy (non-hydrogen) atoms. The Morgan fingerprint density at radius 2 is 0.512 bits per heavy atom. The molecule has 6 rings (SSSR count). The van der Waals surface area contributed by atoms with Crippen LogP contribution in [0.2, 0.25) is 0 Å². The van der Waals surface area contributed by atoms with Gasteiger partial charge in [0.2, 0.25) is 0 Å². The van der Waals surface area contributed by atoms with Gasteiger partial charge >= 0.3 is 0 Å². The molecule has 0 aliphatic carbocycles. The van der Waals surface area contributed by atoms with Crippen molar-refractivity contribution in [3.8, 4) is 11.5 Å². The zero-order valence-electron chi connectivity index (χ0n) is 22.5. The Bertz CT molecular complexity index is 1480. The van der Waals surface area contributed by atoms with Gasteiger partial charge in [0.15, 0.2) is 0 Å². The smallest absolute Gasteiger partial charge is 0.278 e. The van der Waals surface area contributed by atoms with Gasteiger partial charge in [-0.2, -0.15) is 0 Å². The quantitative estimate of drug-likeness (QED) is 0.218. The monoisotopic (exact) mass is 566 g/mol. The highest BCUT2D eigenvalue weighted by molar-refractivity contribution is 7.18. The summed E-state index contributed by atoms with van der Waals surface area (Å²) in [6.45, 7) is 0. The summed E-state index contributed by atoms with van der Waals surface area (Å²) in [6.07, 6.45) is 0. The van der Waals surface area contributed by atoms with Crippen molar-refractivity contribution in [2.75, 3.05) is 0 Å². The lowest BCUT2D eigenvalue weighted by atomic mass is 10.3. The zero-order valence-corrected chi connectivity index (χ0v) is 24.5. The van der Waals surface area contributed by atoms with E-state index in [-0.39, 0.29) is 11.5 Å². The van der Waals surface area contributed by atoms with Crippen molar-refractivity contribution in [2.24, 2.45) is 0 Å². The van der Waals surface area contributed by atoms with Crippen LogP contribution in [-0.2, 0) is 4.12 Å². The van der Waals surface area contributed by atoms with Crippen LogP contribution >= 0.6 is 0 Å². The van der Waals surface area contributed by atoms with Gasteiger partial charge in [-0.25, -0.2) is 0 Å². The molecule has 0 aliphatic rings. The van der Waals surface area contributed by atoms with E-state index in [1.165, 1.54) is 0 Å². The lowest BCUT2D eigenvalue weighted by molar-refractivity contribution is 0.475. The molecule has 5 heteroatoms. The van der Waals surface area contributed by atoms with Gasteiger partial charge in [0.05, 0.1) is 0 Å². The molecule has 200 valence electrons. The highest BCUT2D eigenvalue weighted by Gasteiger charge is 2.52. The summed E-state index contributed by atoms with van der Waals surface area (Å²) in [5, 5.41) is 27.1. The van der Waals surface area contributed by atoms with E-state index in [0.29, 0.717) is 0 Å². The number of phenolic OH excluding ortho intramolecular Hbond substituents is 2. The maximum Gasteiger partial charge on any atom is 0.278 e. The first-order valence-corrected chi connectivity index (χ1v) is 17.5. The fourth-order valence-corrected chi connectivity index (χ4v) is 16.3. The SMILES string of the molecule is Oc1ccc([Si](O[Si](c2ccccc2)(c2ccccc2)c2ccc(O)cc2)(c2ccccc2)c2ccccc2)cc1. The maximum absolute atomic E-state index is 10.3. The van der Waals surface area contributed by atoms with Crippen LogP contribution in [0.5, 0.6) is 11.5 Å². The molecule has 0 aromatic heterocycles. The standard InChI is InChI=1S/C36H30O3Si2/c37-29-21-25-35(26-22-29)40(31-13-5-1-6-14-31,32-15-7-2-8-16-32)39-41(33-17-9-3-10-18-33,34-19-11-4-12-20-34)36-27-23-30(38)24-28-36/h1-28,37-38H. The Kier molecular flexibility index (Phi) is 7.40. The van der Waals surface area contributed by atoms with Gasteiger partial charge < -0.3 is 14.3 Å². The third-order valence-electron chi connectivity index (χ3n) is 7.58. The molecule has 0 fully saturated rings. The molecular weight excluding hydrogens is 537 g/mol. The average Bonchev–Trinajstić information content (AvgIpc) is 3.05. The summed E-state index contributed by atoms with van der Waals surface area (Å²) in [7, 11) is -6.51. The van der Waals surface area contributed by atoms with Gasteiger partial charge in [-0.15, -0.1) is 0 Å². The molecule has 6 aromatic carbocycles. The summed E-state index contributed by atoms with van der Waals surface area (Å²) < 4.78 is 8.14. The summed E-state index contributed by atoms with van der Waals surface area (Å²) in [6, 6.07) is 57.0. The molecular formula is C36H30O3Si2. The predicted molar refractivity (Wildman–Crippen MR) is 172 cm³/mol. The molecule has 0 heterocycles. The lowest BCUT2D eigenvalue weighted by Crippen LogP contribution is -2.81. The fourth-order valence-electron chi connectivity index (χ4n) is 5.67. The molecule has 2 N–H and O–H groups in total. The van der Waals surface area contributed by atoms with E-state index in [1.807, 2.05) is 48.5 Å². The van der Waals surface area contributed by atoms with Gasteiger partial charge in [0, 0.05) is 0 Å². The van der Waals surface area contributed by atoms with Crippen molar-refractivity contribution in [1.82, 2.24) is 0 Å². The normalized spacial score (nSPS) is 11.7. The molecule has 0 saturated carbocycles. The molecule has 6 aromatic rings. The van der Waals surface area contributed by atoms with Gasteiger partial charge in [0.1, 0.15) is 11.5 Å². The number of hydrogen-bond acceptors (Lipinski definition) is 3. The van der Waals surface area contributed by atoms with Crippen LogP contribution in [0.15, 0.2) is 170 Å². The number of rotatable bonds is 8. The number of hydrogen-bond donors (Lipinski definition) is 2. The van der Waals surface area contributed by atoms with Crippen molar-refractivity contribution in [2.45, 2.75) is 0 Å². The number of aromatic hydroxyl groups is 2. The fraction of sp³-hybridized carbons (Fsp3) is 0. The van der Waals surface area contributed by atoms with E-state index in [1.54, 1.807) is 24.3 Å². The second-order valence-electron chi connectivity index (χ2n) is 10.0. The maximum atomic E-state index is 10.3. The third kappa shape index (κ3) is 4.91. The first kappa shape index (κ1) is 26.5. The Morgan fingerprint density at radius 1 is 0.293 bits per heavy atom. The predicted octanol–water partition coefficient (Wildman–Crippen LogP) is 3.75. The molecule has 0 amide bonds. The molecule has 0 unspecified atom stereocenters. The van der Waals surface area contributed by atoms with E-state index >= 15 is 0 Å². The topological polar surface area (TPSA) is 49.7 Å². The Hall–Kier alpha value is -4.69. The highest BCUT2D eigenvalue weighted by atomic mass is 28.4. The Morgan fingerprint density at radius 3 is 0.756 bits per heavy atom. The molecule has 0 bridgehead atoms. The van der Waals surface area contributed by atoms with Gasteiger partial charge in [0.25, 0.3) is 16.6 Å². The summed E-state index contributed by atoms with van der Waals surface area (Å²) >= 11 is 0. The van der Waals surface area contributed by atoms with Crippen LogP contribution in [0.25, 0.3) is 0 Å². The minimum absolute atomic E-state index is 0.214. The molecule has 0 aliphatic heterocycles. The molecule has 0 spiro atoms. The van der Waals surface area contributed by atoms with E-state index in [9.17, 15) is 10.2 Å². The summed E-state index contributed by atoms with van der Waals surface area (Å²) in [5.74, 6) is 0.428. The van der Waals surface area contributed by atoms with Crippen LogP contribution in [0, 0.1) is 0 Å². The van der Waals surface area contributed by atoms with Crippen molar-refractivity contribution in [3.05, 3.63) is 170 Å². The van der Waals surface area contributed by atoms with Crippen LogP contribution < -0.4 is 31.1 Å². The third-order valence-corrected chi connectivity index (χ3v) is 16.9. The minimum Gasteiger partial charge on any atom is -0.508 e. The van der Waals surface area contributed by atoms with E-state index in [2.05, 4.69) is 97.1 Å². The van der Waals surface area contributed by atoms with Crippen molar-refractivity contribution < 1.29 is 14.3 Å². The zero-order chi connectivity index (χ0) is 28.1. The van der Waals surface area contributed by atoms with Crippen molar-refractivity contribution in [3.63, 3.8) is 0 Å². The van der Waals surface area contributed by atoms with Gasteiger partial charge in [-0.3, -0.25) is 0 Å². The van der Waals surface area contributed by atoms with E-state index < -0.39 is 16.6 Å². The average molecular weight is 567 g/mol. The largest absolute Gasteiger partial charge is 0.508 e. The van der Waals surface area contributed by atoms with Crippen molar-refractivity contribution in [1.29, 1.82) is 0 Å². The Balaban J connectivity index is 1.76. The van der Waals surface area contributed by atoms with Crippen LogP contribution in [0.3, 0.4) is 0 Å². The van der Waals surface area contributed by atoms with Crippen LogP contribution in [0.4, 0.5) is 0 Å². The minimum atomic E-state index is -3.26. The number of phenols is 2. The van der Waals surface area contributed by atoms with E-state index in [0.717, 1.165) is 31.1 Å². The van der Waals surface area contributed by atoms with Gasteiger partial charge in [-0.1, -0.05) is 146 Å². The second-order valence-corrected chi connectivity index (χ2v) is 17.0. The van der Waals surface area contributed by atoms with Crippen molar-refractivity contribution >= 4 is 47.8 Å². The molecule has 3 nitrogen and oxygen atoms in total. The first-order chi connectivity index (χ1) is 20.1. The highest BCUT2D eigenvalue weighted by Crippen LogP contribution is 2.20. The van der Waals surface area contributed by atoms with Crippen LogP contribution in [-0.4, -0.2) is 26.8 Å². The van der Waals surface area contributed by atoms with Gasteiger partial charge in [-0.05, 0) is 55.4 Å². The number of benzene rings is 6. The molecule has 0 atom stereocenters. The Labute approximate surface area is 242 Å². The summed E-state index contributed by atoms with van der Waals surface area (Å²) in [5.41, 5.74) is 0. The second kappa shape index (κ2) is 11.4.